The quantitative estimate of drug-likeness (QED) is 0.860. The van der Waals surface area contributed by atoms with Gasteiger partial charge >= 0.3 is 0 Å². The summed E-state index contributed by atoms with van der Waals surface area (Å²) in [5.74, 6) is 0.612. The lowest BCUT2D eigenvalue weighted by atomic mass is 9.82. The molecule has 0 bridgehead atoms. The van der Waals surface area contributed by atoms with E-state index in [9.17, 15) is 5.11 Å². The molecular formula is C14H21ClN2O. The molecule has 1 aromatic carbocycles. The molecule has 1 aliphatic carbocycles. The number of hydrogen-bond acceptors (Lipinski definition) is 3. The first-order valence-corrected chi connectivity index (χ1v) is 6.80. The van der Waals surface area contributed by atoms with E-state index in [0.29, 0.717) is 5.92 Å². The predicted octanol–water partition coefficient (Wildman–Crippen LogP) is 2.27. The van der Waals surface area contributed by atoms with E-state index in [2.05, 4.69) is 29.4 Å². The first-order valence-electron chi connectivity index (χ1n) is 6.42. The predicted molar refractivity (Wildman–Crippen MR) is 76.2 cm³/mol. The van der Waals surface area contributed by atoms with Crippen LogP contribution >= 0.6 is 11.6 Å². The Bertz CT molecular complexity index is 405. The highest BCUT2D eigenvalue weighted by Gasteiger charge is 2.28. The fourth-order valence-electron chi connectivity index (χ4n) is 2.45. The molecule has 18 heavy (non-hydrogen) atoms. The van der Waals surface area contributed by atoms with Gasteiger partial charge in [-0.2, -0.15) is 0 Å². The van der Waals surface area contributed by atoms with E-state index in [-0.39, 0.29) is 6.10 Å². The molecule has 4 heteroatoms. The first-order chi connectivity index (χ1) is 8.60. The molecule has 1 saturated carbocycles. The summed E-state index contributed by atoms with van der Waals surface area (Å²) in [7, 11) is 3.99. The summed E-state index contributed by atoms with van der Waals surface area (Å²) in [6.45, 7) is 1.77. The van der Waals surface area contributed by atoms with Gasteiger partial charge in [0, 0.05) is 30.8 Å². The van der Waals surface area contributed by atoms with Crippen molar-refractivity contribution in [1.82, 2.24) is 5.32 Å². The van der Waals surface area contributed by atoms with E-state index in [1.165, 1.54) is 0 Å². The van der Waals surface area contributed by atoms with E-state index >= 15 is 0 Å². The van der Waals surface area contributed by atoms with Crippen LogP contribution in [0.4, 0.5) is 5.69 Å². The first kappa shape index (κ1) is 13.7. The van der Waals surface area contributed by atoms with Gasteiger partial charge in [-0.1, -0.05) is 17.7 Å². The number of halogens is 1. The number of benzene rings is 1. The zero-order valence-corrected chi connectivity index (χ0v) is 11.7. The molecule has 0 saturated heterocycles. The normalized spacial score (nSPS) is 22.7. The molecule has 1 fully saturated rings. The Labute approximate surface area is 114 Å². The summed E-state index contributed by atoms with van der Waals surface area (Å²) in [4.78, 5) is 2.21. The molecular weight excluding hydrogens is 248 g/mol. The highest BCUT2D eigenvalue weighted by Crippen LogP contribution is 2.30. The second-order valence-corrected chi connectivity index (χ2v) is 5.59. The van der Waals surface area contributed by atoms with Crippen LogP contribution < -0.4 is 10.2 Å². The van der Waals surface area contributed by atoms with Crippen molar-refractivity contribution in [2.24, 2.45) is 5.92 Å². The third kappa shape index (κ3) is 3.16. The number of aliphatic hydroxyl groups excluding tert-OH is 1. The van der Waals surface area contributed by atoms with E-state index in [1.807, 2.05) is 13.1 Å². The Balaban J connectivity index is 1.97. The maximum Gasteiger partial charge on any atom is 0.0546 e. The average molecular weight is 269 g/mol. The Hall–Kier alpha value is -0.770. The van der Waals surface area contributed by atoms with Gasteiger partial charge in [0.2, 0.25) is 0 Å². The van der Waals surface area contributed by atoms with Gasteiger partial charge in [-0.3, -0.25) is 0 Å². The van der Waals surface area contributed by atoms with Gasteiger partial charge in [-0.15, -0.1) is 0 Å². The lowest BCUT2D eigenvalue weighted by molar-refractivity contribution is 0.0465. The van der Waals surface area contributed by atoms with E-state index in [4.69, 9.17) is 11.6 Å². The largest absolute Gasteiger partial charge is 0.393 e. The summed E-state index contributed by atoms with van der Waals surface area (Å²) in [5, 5.41) is 13.2. The Morgan fingerprint density at radius 3 is 2.72 bits per heavy atom. The molecule has 0 amide bonds. The van der Waals surface area contributed by atoms with Gasteiger partial charge in [0.15, 0.2) is 0 Å². The SMILES string of the molecule is CNCc1ccc(N(C)CC2CC(O)C2)cc1Cl. The summed E-state index contributed by atoms with van der Waals surface area (Å²) in [6.07, 6.45) is 1.77. The van der Waals surface area contributed by atoms with Crippen LogP contribution in [0.25, 0.3) is 0 Å². The zero-order valence-electron chi connectivity index (χ0n) is 11.0. The molecule has 3 nitrogen and oxygen atoms in total. The topological polar surface area (TPSA) is 35.5 Å². The van der Waals surface area contributed by atoms with Crippen molar-refractivity contribution in [3.05, 3.63) is 28.8 Å². The molecule has 0 aliphatic heterocycles. The van der Waals surface area contributed by atoms with Crippen LogP contribution in [0.5, 0.6) is 0 Å². The lowest BCUT2D eigenvalue weighted by Crippen LogP contribution is -2.37. The van der Waals surface area contributed by atoms with Crippen LogP contribution in [0.3, 0.4) is 0 Å². The van der Waals surface area contributed by atoms with Crippen molar-refractivity contribution in [2.75, 3.05) is 25.5 Å². The zero-order chi connectivity index (χ0) is 13.1. The van der Waals surface area contributed by atoms with Gasteiger partial charge in [0.05, 0.1) is 6.10 Å². The van der Waals surface area contributed by atoms with Crippen LogP contribution in [0.2, 0.25) is 5.02 Å². The van der Waals surface area contributed by atoms with Crippen molar-refractivity contribution < 1.29 is 5.11 Å². The van der Waals surface area contributed by atoms with Crippen LogP contribution in [0, 0.1) is 5.92 Å². The number of aliphatic hydroxyl groups is 1. The Morgan fingerprint density at radius 1 is 1.44 bits per heavy atom. The second-order valence-electron chi connectivity index (χ2n) is 5.18. The van der Waals surface area contributed by atoms with E-state index in [1.54, 1.807) is 0 Å². The maximum absolute atomic E-state index is 9.29. The van der Waals surface area contributed by atoms with Crippen molar-refractivity contribution in [1.29, 1.82) is 0 Å². The van der Waals surface area contributed by atoms with Gasteiger partial charge in [0.1, 0.15) is 0 Å². The average Bonchev–Trinajstić information content (AvgIpc) is 2.30. The summed E-state index contributed by atoms with van der Waals surface area (Å²) < 4.78 is 0. The highest BCUT2D eigenvalue weighted by molar-refractivity contribution is 6.31. The van der Waals surface area contributed by atoms with Crippen LogP contribution in [0.15, 0.2) is 18.2 Å². The summed E-state index contributed by atoms with van der Waals surface area (Å²) in [6, 6.07) is 6.19. The minimum Gasteiger partial charge on any atom is -0.393 e. The van der Waals surface area contributed by atoms with Crippen LogP contribution in [-0.4, -0.2) is 31.9 Å². The minimum absolute atomic E-state index is 0.0787. The molecule has 2 rings (SSSR count). The number of nitrogens with one attached hydrogen (secondary N) is 1. The number of anilines is 1. The van der Waals surface area contributed by atoms with Crippen molar-refractivity contribution in [2.45, 2.75) is 25.5 Å². The monoisotopic (exact) mass is 268 g/mol. The molecule has 0 heterocycles. The van der Waals surface area contributed by atoms with Crippen LogP contribution in [-0.2, 0) is 6.54 Å². The molecule has 1 aromatic rings. The highest BCUT2D eigenvalue weighted by atomic mass is 35.5. The molecule has 0 unspecified atom stereocenters. The van der Waals surface area contributed by atoms with E-state index in [0.717, 1.165) is 42.2 Å². The third-order valence-electron chi connectivity index (χ3n) is 3.59. The molecule has 1 aliphatic rings. The van der Waals surface area contributed by atoms with Crippen LogP contribution in [0.1, 0.15) is 18.4 Å². The van der Waals surface area contributed by atoms with Crippen molar-refractivity contribution >= 4 is 17.3 Å². The maximum atomic E-state index is 9.29. The summed E-state index contributed by atoms with van der Waals surface area (Å²) in [5.41, 5.74) is 2.26. The number of rotatable bonds is 5. The fourth-order valence-corrected chi connectivity index (χ4v) is 2.69. The molecule has 0 aromatic heterocycles. The smallest absolute Gasteiger partial charge is 0.0546 e. The second kappa shape index (κ2) is 5.91. The minimum atomic E-state index is -0.0787. The molecule has 0 radical (unpaired) electrons. The fraction of sp³-hybridized carbons (Fsp3) is 0.571. The Kier molecular flexibility index (Phi) is 4.49. The Morgan fingerprint density at radius 2 is 2.17 bits per heavy atom. The van der Waals surface area contributed by atoms with E-state index < -0.39 is 0 Å². The van der Waals surface area contributed by atoms with Crippen molar-refractivity contribution in [3.8, 4) is 0 Å². The standard InChI is InChI=1S/C14H21ClN2O/c1-16-8-11-3-4-12(7-14(11)15)17(2)9-10-5-13(18)6-10/h3-4,7,10,13,16,18H,5-6,8-9H2,1-2H3. The van der Waals surface area contributed by atoms with Gasteiger partial charge < -0.3 is 15.3 Å². The molecule has 0 atom stereocenters. The molecule has 2 N–H and O–H groups in total. The number of nitrogens with zero attached hydrogens (tertiary/aromatic N) is 1. The lowest BCUT2D eigenvalue weighted by Gasteiger charge is -2.35. The third-order valence-corrected chi connectivity index (χ3v) is 3.94. The van der Waals surface area contributed by atoms with Gasteiger partial charge in [-0.05, 0) is 43.5 Å². The number of hydrogen-bond donors (Lipinski definition) is 2. The van der Waals surface area contributed by atoms with Gasteiger partial charge in [-0.25, -0.2) is 0 Å². The summed E-state index contributed by atoms with van der Waals surface area (Å²) >= 11 is 6.25. The van der Waals surface area contributed by atoms with Gasteiger partial charge in [0.25, 0.3) is 0 Å². The molecule has 100 valence electrons. The van der Waals surface area contributed by atoms with Crippen molar-refractivity contribution in [3.63, 3.8) is 0 Å². The molecule has 0 spiro atoms.